The van der Waals surface area contributed by atoms with Crippen molar-refractivity contribution in [2.75, 3.05) is 19.8 Å². The van der Waals surface area contributed by atoms with Crippen LogP contribution in [0.2, 0.25) is 0 Å². The van der Waals surface area contributed by atoms with Crippen molar-refractivity contribution < 1.29 is 94.4 Å². The molecule has 0 aromatic heterocycles. The topological polar surface area (TPSA) is 307 Å². The molecule has 19 heteroatoms. The quantitative estimate of drug-likeness (QED) is 0.114. The third-order valence-electron chi connectivity index (χ3n) is 19.1. The van der Waals surface area contributed by atoms with Gasteiger partial charge in [-0.15, -0.1) is 0 Å². The molecule has 0 radical (unpaired) electrons. The summed E-state index contributed by atoms with van der Waals surface area (Å²) in [4.78, 5) is 0. The van der Waals surface area contributed by atoms with Crippen LogP contribution in [0.4, 0.5) is 0 Å². The minimum absolute atomic E-state index is 0.00604. The molecule has 382 valence electrons. The zero-order valence-corrected chi connectivity index (χ0v) is 39.7. The minimum atomic E-state index is -1.82. The summed E-state index contributed by atoms with van der Waals surface area (Å²) in [7, 11) is 0. The van der Waals surface area contributed by atoms with E-state index in [0.717, 1.165) is 19.3 Å². The highest BCUT2D eigenvalue weighted by Crippen LogP contribution is 2.76. The number of aliphatic hydroxyl groups is 12. The number of fused-ring (bicyclic) bond motifs is 5. The normalized spacial score (nSPS) is 56.4. The second-order valence-electron chi connectivity index (χ2n) is 23.6. The smallest absolute Gasteiger partial charge is 0.187 e. The summed E-state index contributed by atoms with van der Waals surface area (Å²) in [5.41, 5.74) is -3.84. The lowest BCUT2D eigenvalue weighted by Crippen LogP contribution is -2.71. The van der Waals surface area contributed by atoms with Crippen LogP contribution in [0.1, 0.15) is 107 Å². The van der Waals surface area contributed by atoms with Gasteiger partial charge < -0.3 is 94.4 Å². The van der Waals surface area contributed by atoms with Gasteiger partial charge in [-0.1, -0.05) is 34.6 Å². The van der Waals surface area contributed by atoms with Crippen molar-refractivity contribution in [1.29, 1.82) is 0 Å². The third kappa shape index (κ3) is 8.26. The van der Waals surface area contributed by atoms with Crippen LogP contribution in [-0.4, -0.2) is 203 Å². The summed E-state index contributed by atoms with van der Waals surface area (Å²) in [6, 6.07) is 0. The van der Waals surface area contributed by atoms with Crippen LogP contribution >= 0.6 is 0 Å². The first-order valence-corrected chi connectivity index (χ1v) is 24.3. The van der Waals surface area contributed by atoms with Gasteiger partial charge in [0, 0.05) is 0 Å². The van der Waals surface area contributed by atoms with E-state index in [0.29, 0.717) is 32.1 Å². The Labute approximate surface area is 387 Å². The van der Waals surface area contributed by atoms with E-state index in [4.69, 9.17) is 33.2 Å². The van der Waals surface area contributed by atoms with Crippen molar-refractivity contribution in [3.05, 3.63) is 0 Å². The van der Waals surface area contributed by atoms with E-state index in [1.807, 2.05) is 13.8 Å². The predicted molar refractivity (Wildman–Crippen MR) is 228 cm³/mol. The Hall–Kier alpha value is -0.760. The van der Waals surface area contributed by atoms with Crippen LogP contribution in [-0.2, 0) is 33.2 Å². The number of hydrogen-bond donors (Lipinski definition) is 12. The number of hydrogen-bond acceptors (Lipinski definition) is 19. The lowest BCUT2D eigenvalue weighted by atomic mass is 9.34. The maximum Gasteiger partial charge on any atom is 0.187 e. The molecule has 8 aliphatic rings. The average molecular weight is 949 g/mol. The van der Waals surface area contributed by atoms with E-state index in [2.05, 4.69) is 27.7 Å². The molecule has 0 aromatic carbocycles. The van der Waals surface area contributed by atoms with Gasteiger partial charge in [0.25, 0.3) is 0 Å². The van der Waals surface area contributed by atoms with Crippen molar-refractivity contribution in [2.24, 2.45) is 45.3 Å². The Morgan fingerprint density at radius 1 is 0.652 bits per heavy atom. The van der Waals surface area contributed by atoms with Gasteiger partial charge in [0.1, 0.15) is 67.1 Å². The Bertz CT molecular complexity index is 1700. The SMILES string of the molecule is CC(C)(O)[C@@H]1CC[C@@](C)([C@@H]2CC[C@]3(C)[C@H]2[C@H](O)C[C@@H]2[C@]4(C)CC[C@@H](O)C(C)(C)[C@@H]4[C@@H](O[C@@H]4O[C@H](CO[C@@H]5O[C@H](CO)[C@H](O)[C@@H](O)[C@H]5O)[C@@H](O)[C@@H](O)[C@H]4O[C@H]4OC[C@H](O)[C@H](O)[C@@H]4O)C[C@]23C)O1. The van der Waals surface area contributed by atoms with Gasteiger partial charge >= 0.3 is 0 Å². The molecule has 12 N–H and O–H groups in total. The van der Waals surface area contributed by atoms with Crippen LogP contribution in [0.25, 0.3) is 0 Å². The number of ether oxygens (including phenoxy) is 7. The Kier molecular flexibility index (Phi) is 14.1. The van der Waals surface area contributed by atoms with E-state index in [-0.39, 0.29) is 29.8 Å². The maximum absolute atomic E-state index is 12.5. The molecule has 4 aliphatic heterocycles. The lowest BCUT2D eigenvalue weighted by molar-refractivity contribution is -0.381. The average Bonchev–Trinajstić information content (AvgIpc) is 3.85. The van der Waals surface area contributed by atoms with Crippen LogP contribution in [0.15, 0.2) is 0 Å². The summed E-state index contributed by atoms with van der Waals surface area (Å²) in [5.74, 6) is -0.566. The van der Waals surface area contributed by atoms with Gasteiger partial charge in [0.15, 0.2) is 18.9 Å². The van der Waals surface area contributed by atoms with E-state index < -0.39 is 157 Å². The van der Waals surface area contributed by atoms with Crippen molar-refractivity contribution in [3.8, 4) is 0 Å². The van der Waals surface area contributed by atoms with Gasteiger partial charge in [-0.25, -0.2) is 0 Å². The maximum atomic E-state index is 12.5. The zero-order valence-electron chi connectivity index (χ0n) is 39.7. The van der Waals surface area contributed by atoms with Crippen LogP contribution < -0.4 is 0 Å². The van der Waals surface area contributed by atoms with Gasteiger partial charge in [-0.3, -0.25) is 0 Å². The largest absolute Gasteiger partial charge is 0.394 e. The van der Waals surface area contributed by atoms with Gasteiger partial charge in [-0.2, -0.15) is 0 Å². The predicted octanol–water partition coefficient (Wildman–Crippen LogP) is -1.21. The molecule has 4 saturated carbocycles. The highest BCUT2D eigenvalue weighted by Gasteiger charge is 2.74. The van der Waals surface area contributed by atoms with Crippen molar-refractivity contribution >= 4 is 0 Å². The van der Waals surface area contributed by atoms with Crippen molar-refractivity contribution in [2.45, 2.75) is 228 Å². The summed E-state index contributed by atoms with van der Waals surface area (Å²) in [6.07, 6.45) is -20.0. The van der Waals surface area contributed by atoms with Crippen LogP contribution in [0.5, 0.6) is 0 Å². The molecule has 4 aliphatic carbocycles. The van der Waals surface area contributed by atoms with E-state index in [9.17, 15) is 61.3 Å². The van der Waals surface area contributed by atoms with E-state index >= 15 is 0 Å². The van der Waals surface area contributed by atoms with Crippen LogP contribution in [0, 0.1) is 45.3 Å². The molecule has 8 rings (SSSR count). The Morgan fingerprint density at radius 3 is 1.95 bits per heavy atom. The number of rotatable bonds is 10. The molecule has 19 nitrogen and oxygen atoms in total. The first-order valence-electron chi connectivity index (χ1n) is 24.3. The molecule has 26 atom stereocenters. The second kappa shape index (κ2) is 18.1. The van der Waals surface area contributed by atoms with Gasteiger partial charge in [-0.05, 0) is 117 Å². The molecule has 0 aromatic rings. The molecule has 0 amide bonds. The van der Waals surface area contributed by atoms with Gasteiger partial charge in [0.05, 0.1) is 55.4 Å². The summed E-state index contributed by atoms with van der Waals surface area (Å²) < 4.78 is 43.6. The fourth-order valence-electron chi connectivity index (χ4n) is 15.2. The summed E-state index contributed by atoms with van der Waals surface area (Å²) in [5, 5.41) is 132. The molecule has 0 spiro atoms. The molecule has 66 heavy (non-hydrogen) atoms. The molecular formula is C47H80O19. The Morgan fingerprint density at radius 2 is 1.30 bits per heavy atom. The second-order valence-corrected chi connectivity index (χ2v) is 23.6. The first-order chi connectivity index (χ1) is 30.6. The number of aliphatic hydroxyl groups excluding tert-OH is 11. The summed E-state index contributed by atoms with van der Waals surface area (Å²) in [6.45, 7) is 14.8. The van der Waals surface area contributed by atoms with E-state index in [1.54, 1.807) is 13.8 Å². The zero-order chi connectivity index (χ0) is 48.4. The monoisotopic (exact) mass is 949 g/mol. The van der Waals surface area contributed by atoms with Crippen LogP contribution in [0.3, 0.4) is 0 Å². The van der Waals surface area contributed by atoms with Crippen molar-refractivity contribution in [1.82, 2.24) is 0 Å². The fraction of sp³-hybridized carbons (Fsp3) is 1.00. The minimum Gasteiger partial charge on any atom is -0.394 e. The lowest BCUT2D eigenvalue weighted by Gasteiger charge is -2.72. The highest BCUT2D eigenvalue weighted by atomic mass is 16.8. The Balaban J connectivity index is 1.14. The molecule has 4 heterocycles. The molecule has 8 fully saturated rings. The fourth-order valence-corrected chi connectivity index (χ4v) is 15.2. The molecule has 4 saturated heterocycles. The van der Waals surface area contributed by atoms with E-state index in [1.165, 1.54) is 0 Å². The van der Waals surface area contributed by atoms with Gasteiger partial charge in [0.2, 0.25) is 0 Å². The first kappa shape index (κ1) is 51.6. The third-order valence-corrected chi connectivity index (χ3v) is 19.1. The molecular weight excluding hydrogens is 868 g/mol. The molecule has 0 bridgehead atoms. The van der Waals surface area contributed by atoms with Crippen molar-refractivity contribution in [3.63, 3.8) is 0 Å². The standard InChI is InChI=1S/C47H80O19/c1-42(2)27(51)10-12-44(5)26-15-21(49)29-20(47(8)14-11-28(66-47)43(3,4)59)9-13-45(29,6)46(26,7)16-23(38(42)44)62-41-37(65-40-35(57)30(52)22(50)18-60-40)34(56)32(54)25(64-41)19-61-39-36(58)33(55)31(53)24(17-48)63-39/h20-41,48-59H,9-19H2,1-8H3/t20-,21-,22+,23+,24-,25-,26-,27-,28+,29-,30+,31+,32-,33-,34-,35+,36-,37-,38+,39-,40-,41-,44+,45-,46-,47+/m1/s1. The highest BCUT2D eigenvalue weighted by molar-refractivity contribution is 5.22. The summed E-state index contributed by atoms with van der Waals surface area (Å²) >= 11 is 0. The molecule has 0 unspecified atom stereocenters.